The van der Waals surface area contributed by atoms with Gasteiger partial charge in [0.05, 0.1) is 6.61 Å². The van der Waals surface area contributed by atoms with Crippen molar-refractivity contribution < 1.29 is 5.11 Å². The molecule has 2 nitrogen and oxygen atoms in total. The molecule has 84 valence electrons. The second-order valence-electron chi connectivity index (χ2n) is 4.13. The lowest BCUT2D eigenvalue weighted by atomic mass is 10.00. The van der Waals surface area contributed by atoms with Crippen LogP contribution in [0.3, 0.4) is 0 Å². The molecule has 0 saturated carbocycles. The van der Waals surface area contributed by atoms with Gasteiger partial charge in [-0.25, -0.2) is 0 Å². The summed E-state index contributed by atoms with van der Waals surface area (Å²) in [6, 6.07) is 8.34. The summed E-state index contributed by atoms with van der Waals surface area (Å²) < 4.78 is 0. The number of benzene rings is 1. The first-order valence-electron chi connectivity index (χ1n) is 5.64. The molecule has 0 radical (unpaired) electrons. The molecule has 0 saturated heterocycles. The van der Waals surface area contributed by atoms with E-state index in [4.69, 9.17) is 0 Å². The smallest absolute Gasteiger partial charge is 0.0701 e. The molecular formula is C13H21NO. The average Bonchev–Trinajstić information content (AvgIpc) is 2.28. The van der Waals surface area contributed by atoms with E-state index in [0.717, 1.165) is 17.7 Å². The zero-order valence-corrected chi connectivity index (χ0v) is 9.83. The van der Waals surface area contributed by atoms with Crippen molar-refractivity contribution in [3.8, 4) is 0 Å². The van der Waals surface area contributed by atoms with Crippen molar-refractivity contribution in [3.05, 3.63) is 29.8 Å². The van der Waals surface area contributed by atoms with Gasteiger partial charge in [-0.05, 0) is 18.9 Å². The van der Waals surface area contributed by atoms with Crippen molar-refractivity contribution in [2.45, 2.75) is 39.8 Å². The quantitative estimate of drug-likeness (QED) is 0.778. The highest BCUT2D eigenvalue weighted by atomic mass is 16.3. The van der Waals surface area contributed by atoms with Crippen molar-refractivity contribution >= 4 is 5.69 Å². The molecule has 0 aromatic heterocycles. The van der Waals surface area contributed by atoms with Crippen molar-refractivity contribution in [2.75, 3.05) is 5.32 Å². The van der Waals surface area contributed by atoms with Crippen LogP contribution in [-0.4, -0.2) is 11.1 Å². The third-order valence-electron chi connectivity index (χ3n) is 3.07. The van der Waals surface area contributed by atoms with Crippen LogP contribution in [0.4, 0.5) is 5.69 Å². The number of aliphatic hydroxyl groups is 1. The zero-order chi connectivity index (χ0) is 11.3. The molecule has 0 spiro atoms. The van der Waals surface area contributed by atoms with Crippen molar-refractivity contribution in [1.29, 1.82) is 0 Å². The molecule has 2 heteroatoms. The van der Waals surface area contributed by atoms with E-state index in [1.165, 1.54) is 0 Å². The van der Waals surface area contributed by atoms with Crippen LogP contribution >= 0.6 is 0 Å². The van der Waals surface area contributed by atoms with Gasteiger partial charge in [-0.3, -0.25) is 0 Å². The van der Waals surface area contributed by atoms with Gasteiger partial charge in [0.15, 0.2) is 0 Å². The SMILES string of the molecule is CC[C@H](C)[C@@H](C)Nc1ccccc1CO. The summed E-state index contributed by atoms with van der Waals surface area (Å²) in [4.78, 5) is 0. The maximum Gasteiger partial charge on any atom is 0.0701 e. The van der Waals surface area contributed by atoms with Crippen molar-refractivity contribution in [1.82, 2.24) is 0 Å². The van der Waals surface area contributed by atoms with Crippen LogP contribution in [0.2, 0.25) is 0 Å². The second kappa shape index (κ2) is 5.76. The first kappa shape index (κ1) is 12.1. The Hall–Kier alpha value is -1.02. The van der Waals surface area contributed by atoms with E-state index >= 15 is 0 Å². The van der Waals surface area contributed by atoms with Gasteiger partial charge in [0.2, 0.25) is 0 Å². The molecule has 2 atom stereocenters. The lowest BCUT2D eigenvalue weighted by Crippen LogP contribution is -2.23. The van der Waals surface area contributed by atoms with Crippen LogP contribution in [0, 0.1) is 5.92 Å². The summed E-state index contributed by atoms with van der Waals surface area (Å²) in [7, 11) is 0. The molecule has 0 aliphatic carbocycles. The minimum Gasteiger partial charge on any atom is -0.392 e. The van der Waals surface area contributed by atoms with Crippen LogP contribution in [0.5, 0.6) is 0 Å². The summed E-state index contributed by atoms with van der Waals surface area (Å²) in [5, 5.41) is 12.6. The molecule has 0 bridgehead atoms. The highest BCUT2D eigenvalue weighted by Crippen LogP contribution is 2.19. The maximum atomic E-state index is 9.19. The highest BCUT2D eigenvalue weighted by molar-refractivity contribution is 5.51. The van der Waals surface area contributed by atoms with Gasteiger partial charge in [0.25, 0.3) is 0 Å². The molecule has 1 rings (SSSR count). The lowest BCUT2D eigenvalue weighted by molar-refractivity contribution is 0.282. The fraction of sp³-hybridized carbons (Fsp3) is 0.538. The zero-order valence-electron chi connectivity index (χ0n) is 9.83. The van der Waals surface area contributed by atoms with Crippen molar-refractivity contribution in [2.24, 2.45) is 5.92 Å². The topological polar surface area (TPSA) is 32.3 Å². The fourth-order valence-electron chi connectivity index (χ4n) is 1.54. The van der Waals surface area contributed by atoms with Gasteiger partial charge in [-0.15, -0.1) is 0 Å². The van der Waals surface area contributed by atoms with Crippen LogP contribution in [0.15, 0.2) is 24.3 Å². The summed E-state index contributed by atoms with van der Waals surface area (Å²) in [6.07, 6.45) is 1.16. The highest BCUT2D eigenvalue weighted by Gasteiger charge is 2.10. The van der Waals surface area contributed by atoms with E-state index in [1.807, 2.05) is 24.3 Å². The van der Waals surface area contributed by atoms with E-state index in [-0.39, 0.29) is 6.61 Å². The summed E-state index contributed by atoms with van der Waals surface area (Å²) in [6.45, 7) is 6.71. The van der Waals surface area contributed by atoms with Gasteiger partial charge in [-0.1, -0.05) is 38.5 Å². The number of aliphatic hydroxyl groups excluding tert-OH is 1. The maximum absolute atomic E-state index is 9.19. The van der Waals surface area contributed by atoms with Crippen molar-refractivity contribution in [3.63, 3.8) is 0 Å². The van der Waals surface area contributed by atoms with Gasteiger partial charge >= 0.3 is 0 Å². The summed E-state index contributed by atoms with van der Waals surface area (Å²) in [5.74, 6) is 0.636. The van der Waals surface area contributed by atoms with Crippen LogP contribution < -0.4 is 5.32 Å². The monoisotopic (exact) mass is 207 g/mol. The van der Waals surface area contributed by atoms with E-state index in [0.29, 0.717) is 12.0 Å². The number of hydrogen-bond donors (Lipinski definition) is 2. The van der Waals surface area contributed by atoms with Gasteiger partial charge in [0, 0.05) is 17.3 Å². The Labute approximate surface area is 92.3 Å². The Bertz CT molecular complexity index is 298. The van der Waals surface area contributed by atoms with Gasteiger partial charge in [-0.2, -0.15) is 0 Å². The first-order valence-corrected chi connectivity index (χ1v) is 5.64. The first-order chi connectivity index (χ1) is 7.19. The Morgan fingerprint density at radius 2 is 1.93 bits per heavy atom. The van der Waals surface area contributed by atoms with Gasteiger partial charge < -0.3 is 10.4 Å². The van der Waals surface area contributed by atoms with E-state index in [9.17, 15) is 5.11 Å². The lowest BCUT2D eigenvalue weighted by Gasteiger charge is -2.22. The molecular weight excluding hydrogens is 186 g/mol. The third kappa shape index (κ3) is 3.24. The Morgan fingerprint density at radius 1 is 1.27 bits per heavy atom. The predicted octanol–water partition coefficient (Wildman–Crippen LogP) is 3.03. The molecule has 0 fully saturated rings. The fourth-order valence-corrected chi connectivity index (χ4v) is 1.54. The molecule has 2 N–H and O–H groups in total. The summed E-state index contributed by atoms with van der Waals surface area (Å²) >= 11 is 0. The molecule has 0 aliphatic rings. The minimum atomic E-state index is 0.0937. The normalized spacial score (nSPS) is 14.7. The minimum absolute atomic E-state index is 0.0937. The number of hydrogen-bond acceptors (Lipinski definition) is 2. The third-order valence-corrected chi connectivity index (χ3v) is 3.07. The molecule has 1 aromatic rings. The van der Waals surface area contributed by atoms with Crippen LogP contribution in [0.25, 0.3) is 0 Å². The number of rotatable bonds is 5. The Kier molecular flexibility index (Phi) is 4.63. The number of anilines is 1. The van der Waals surface area contributed by atoms with E-state index < -0.39 is 0 Å². The second-order valence-corrected chi connectivity index (χ2v) is 4.13. The number of para-hydroxylation sites is 1. The Balaban J connectivity index is 2.71. The molecule has 0 amide bonds. The predicted molar refractivity (Wildman–Crippen MR) is 64.9 cm³/mol. The average molecular weight is 207 g/mol. The molecule has 0 aliphatic heterocycles. The Morgan fingerprint density at radius 3 is 2.53 bits per heavy atom. The van der Waals surface area contributed by atoms with Crippen LogP contribution in [0.1, 0.15) is 32.8 Å². The van der Waals surface area contributed by atoms with Crippen LogP contribution in [-0.2, 0) is 6.61 Å². The van der Waals surface area contributed by atoms with E-state index in [1.54, 1.807) is 0 Å². The molecule has 0 unspecified atom stereocenters. The molecule has 15 heavy (non-hydrogen) atoms. The molecule has 1 aromatic carbocycles. The standard InChI is InChI=1S/C13H21NO/c1-4-10(2)11(3)14-13-8-6-5-7-12(13)9-15/h5-8,10-11,14-15H,4,9H2,1-3H3/t10-,11+/m0/s1. The number of nitrogens with one attached hydrogen (secondary N) is 1. The largest absolute Gasteiger partial charge is 0.392 e. The van der Waals surface area contributed by atoms with Gasteiger partial charge in [0.1, 0.15) is 0 Å². The molecule has 0 heterocycles. The van der Waals surface area contributed by atoms with E-state index in [2.05, 4.69) is 26.1 Å². The summed E-state index contributed by atoms with van der Waals surface area (Å²) in [5.41, 5.74) is 2.01.